The summed E-state index contributed by atoms with van der Waals surface area (Å²) in [4.78, 5) is 0. The van der Waals surface area contributed by atoms with Crippen LogP contribution in [0.4, 0.5) is 0 Å². The first-order valence-electron chi connectivity index (χ1n) is 8.76. The predicted octanol–water partition coefficient (Wildman–Crippen LogP) is 3.70. The minimum absolute atomic E-state index is 0.0417. The topological polar surface area (TPSA) is 18.5 Å². The van der Waals surface area contributed by atoms with Crippen LogP contribution in [0.3, 0.4) is 0 Å². The van der Waals surface area contributed by atoms with E-state index >= 15 is 0 Å². The lowest BCUT2D eigenvalue weighted by Crippen LogP contribution is -2.43. The summed E-state index contributed by atoms with van der Waals surface area (Å²) < 4.78 is 12.8. The molecule has 4 heteroatoms. The molecule has 0 rings (SSSR count). The van der Waals surface area contributed by atoms with Crippen LogP contribution in [0.1, 0.15) is 69.2 Å². The molecule has 0 N–H and O–H groups in total. The fraction of sp³-hybridized carbons (Fsp3) is 1.00. The molecule has 0 aliphatic rings. The first kappa shape index (κ1) is 21.4. The van der Waals surface area contributed by atoms with Crippen molar-refractivity contribution in [3.63, 3.8) is 0 Å². The molecule has 0 radical (unpaired) electrons. The van der Waals surface area contributed by atoms with Gasteiger partial charge >= 0.3 is 0 Å². The van der Waals surface area contributed by atoms with Crippen LogP contribution in [0.15, 0.2) is 0 Å². The zero-order valence-electron chi connectivity index (χ0n) is 16.2. The highest BCUT2D eigenvalue weighted by Gasteiger charge is 2.33. The van der Waals surface area contributed by atoms with Gasteiger partial charge in [-0.15, -0.1) is 0 Å². The molecule has 0 aliphatic carbocycles. The second-order valence-corrected chi connectivity index (χ2v) is 12.3. The summed E-state index contributed by atoms with van der Waals surface area (Å²) >= 11 is 0. The van der Waals surface area contributed by atoms with E-state index < -0.39 is 19.5 Å². The quantitative estimate of drug-likeness (QED) is 0.448. The molecule has 0 bridgehead atoms. The summed E-state index contributed by atoms with van der Waals surface area (Å²) in [6.45, 7) is 22.8. The van der Waals surface area contributed by atoms with E-state index in [1.54, 1.807) is 0 Å². The molecule has 0 spiro atoms. The molecule has 0 aromatic heterocycles. The van der Waals surface area contributed by atoms with Crippen molar-refractivity contribution in [2.45, 2.75) is 86.1 Å². The van der Waals surface area contributed by atoms with Crippen molar-refractivity contribution in [2.24, 2.45) is 23.7 Å². The van der Waals surface area contributed by atoms with Crippen LogP contribution in [0.2, 0.25) is 5.67 Å². The van der Waals surface area contributed by atoms with Gasteiger partial charge in [0.2, 0.25) is 0 Å². The van der Waals surface area contributed by atoms with Gasteiger partial charge in [-0.3, -0.25) is 0 Å². The maximum Gasteiger partial charge on any atom is 0.161 e. The Labute approximate surface area is 138 Å². The molecular formula is C17H40O2Si2. The summed E-state index contributed by atoms with van der Waals surface area (Å²) in [6, 6.07) is 0. The molecule has 0 aromatic rings. The molecule has 2 nitrogen and oxygen atoms in total. The smallest absolute Gasteiger partial charge is 0.161 e. The van der Waals surface area contributed by atoms with E-state index in [1.165, 1.54) is 5.67 Å². The van der Waals surface area contributed by atoms with Crippen molar-refractivity contribution in [1.82, 2.24) is 0 Å². The van der Waals surface area contributed by atoms with Crippen molar-refractivity contribution in [1.29, 1.82) is 0 Å². The van der Waals surface area contributed by atoms with Gasteiger partial charge in [0.25, 0.3) is 0 Å². The fourth-order valence-electron chi connectivity index (χ4n) is 2.64. The second kappa shape index (κ2) is 8.85. The van der Waals surface area contributed by atoms with Gasteiger partial charge in [0.15, 0.2) is 19.5 Å². The van der Waals surface area contributed by atoms with Crippen LogP contribution < -0.4 is 0 Å². The van der Waals surface area contributed by atoms with Gasteiger partial charge in [-0.25, -0.2) is 0 Å². The maximum atomic E-state index is 6.38. The van der Waals surface area contributed by atoms with E-state index in [0.717, 1.165) is 0 Å². The summed E-state index contributed by atoms with van der Waals surface area (Å²) in [6.07, 6.45) is 0. The highest BCUT2D eigenvalue weighted by molar-refractivity contribution is 6.48. The molecule has 0 atom stereocenters. The average molecular weight is 333 g/mol. The van der Waals surface area contributed by atoms with E-state index in [1.807, 2.05) is 0 Å². The van der Waals surface area contributed by atoms with Crippen LogP contribution in [0.25, 0.3) is 0 Å². The first-order valence-corrected chi connectivity index (χ1v) is 11.9. The number of hydrogen-bond acceptors (Lipinski definition) is 2. The molecule has 0 aromatic carbocycles. The Kier molecular flexibility index (Phi) is 9.00. The molecule has 0 heterocycles. The van der Waals surface area contributed by atoms with E-state index in [9.17, 15) is 0 Å². The Morgan fingerprint density at radius 2 is 0.857 bits per heavy atom. The Bertz CT molecular complexity index is 245. The molecular weight excluding hydrogens is 292 g/mol. The van der Waals surface area contributed by atoms with Gasteiger partial charge in [0.05, 0.1) is 11.2 Å². The third-order valence-electron chi connectivity index (χ3n) is 5.70. The van der Waals surface area contributed by atoms with Crippen molar-refractivity contribution in [3.8, 4) is 0 Å². The van der Waals surface area contributed by atoms with Crippen molar-refractivity contribution in [3.05, 3.63) is 0 Å². The summed E-state index contributed by atoms with van der Waals surface area (Å²) in [7, 11) is -0.920. The van der Waals surface area contributed by atoms with Crippen LogP contribution in [0, 0.1) is 23.7 Å². The Balaban J connectivity index is 4.28. The minimum atomic E-state index is -0.460. The predicted molar refractivity (Wildman–Crippen MR) is 100 cm³/mol. The van der Waals surface area contributed by atoms with Crippen LogP contribution in [-0.4, -0.2) is 30.7 Å². The third-order valence-corrected chi connectivity index (χ3v) is 9.66. The highest BCUT2D eigenvalue weighted by atomic mass is 28.3. The third kappa shape index (κ3) is 5.81. The SMILES string of the molecule is CC(C)C(C)(O[SiH2]C[SiH2]OC(C)(C(C)C)C(C)C)C(C)C. The number of rotatable bonds is 10. The van der Waals surface area contributed by atoms with Gasteiger partial charge < -0.3 is 8.85 Å². The zero-order valence-corrected chi connectivity index (χ0v) is 19.1. The monoisotopic (exact) mass is 332 g/mol. The van der Waals surface area contributed by atoms with Crippen LogP contribution >= 0.6 is 0 Å². The normalized spacial score (nSPS) is 15.1. The maximum absolute atomic E-state index is 6.38. The standard InChI is InChI=1S/C17H40O2Si2/c1-12(2)16(9,13(3)4)18-20-11-21-19-17(10,14(5)6)15(7)8/h12-15H,11,20-21H2,1-10H3. The molecule has 128 valence electrons. The summed E-state index contributed by atoms with van der Waals surface area (Å²) in [5, 5.41) is 0. The zero-order chi connectivity index (χ0) is 16.8. The Morgan fingerprint density at radius 3 is 1.05 bits per heavy atom. The minimum Gasteiger partial charge on any atom is -0.418 e. The molecule has 21 heavy (non-hydrogen) atoms. The van der Waals surface area contributed by atoms with Crippen molar-refractivity contribution in [2.75, 3.05) is 0 Å². The molecule has 0 unspecified atom stereocenters. The fourth-order valence-corrected chi connectivity index (χ4v) is 6.48. The van der Waals surface area contributed by atoms with Gasteiger partial charge in [0.1, 0.15) is 0 Å². The van der Waals surface area contributed by atoms with E-state index in [2.05, 4.69) is 69.2 Å². The largest absolute Gasteiger partial charge is 0.418 e. The van der Waals surface area contributed by atoms with E-state index in [4.69, 9.17) is 8.85 Å². The highest BCUT2D eigenvalue weighted by Crippen LogP contribution is 2.31. The summed E-state index contributed by atoms with van der Waals surface area (Å²) in [5.74, 6) is 2.29. The van der Waals surface area contributed by atoms with E-state index in [0.29, 0.717) is 23.7 Å². The van der Waals surface area contributed by atoms with Crippen LogP contribution in [0.5, 0.6) is 0 Å². The molecule has 0 saturated carbocycles. The van der Waals surface area contributed by atoms with Gasteiger partial charge in [-0.2, -0.15) is 0 Å². The lowest BCUT2D eigenvalue weighted by molar-refractivity contribution is -0.00499. The van der Waals surface area contributed by atoms with Gasteiger partial charge in [0, 0.05) is 0 Å². The molecule has 0 fully saturated rings. The van der Waals surface area contributed by atoms with Gasteiger partial charge in [-0.1, -0.05) is 55.4 Å². The Morgan fingerprint density at radius 1 is 0.619 bits per heavy atom. The first-order chi connectivity index (χ1) is 9.48. The van der Waals surface area contributed by atoms with Gasteiger partial charge in [-0.05, 0) is 43.2 Å². The lowest BCUT2D eigenvalue weighted by atomic mass is 9.82. The second-order valence-electron chi connectivity index (χ2n) is 8.04. The number of hydrogen-bond donors (Lipinski definition) is 0. The van der Waals surface area contributed by atoms with Crippen LogP contribution in [-0.2, 0) is 8.85 Å². The molecule has 0 aliphatic heterocycles. The Hall–Kier alpha value is 0.354. The molecule has 0 amide bonds. The summed E-state index contributed by atoms with van der Waals surface area (Å²) in [5.41, 5.74) is 1.32. The lowest BCUT2D eigenvalue weighted by Gasteiger charge is -2.40. The molecule has 0 saturated heterocycles. The van der Waals surface area contributed by atoms with Crippen molar-refractivity contribution >= 4 is 19.5 Å². The van der Waals surface area contributed by atoms with E-state index in [-0.39, 0.29) is 11.2 Å². The van der Waals surface area contributed by atoms with Crippen molar-refractivity contribution < 1.29 is 8.85 Å². The average Bonchev–Trinajstić information content (AvgIpc) is 2.36.